The Hall–Kier alpha value is -3.06. The summed E-state index contributed by atoms with van der Waals surface area (Å²) in [6.07, 6.45) is 4.75. The lowest BCUT2D eigenvalue weighted by atomic mass is 10.0. The van der Waals surface area contributed by atoms with Crippen molar-refractivity contribution >= 4 is 5.91 Å². The van der Waals surface area contributed by atoms with Gasteiger partial charge in [-0.25, -0.2) is 9.37 Å². The van der Waals surface area contributed by atoms with Crippen LogP contribution in [0.5, 0.6) is 0 Å². The molecule has 0 radical (unpaired) electrons. The molecule has 0 saturated carbocycles. The molecule has 1 N–H and O–H groups in total. The van der Waals surface area contributed by atoms with E-state index in [4.69, 9.17) is 4.42 Å². The molecule has 6 nitrogen and oxygen atoms in total. The van der Waals surface area contributed by atoms with Crippen molar-refractivity contribution in [1.82, 2.24) is 20.2 Å². The molecule has 1 atom stereocenters. The van der Waals surface area contributed by atoms with Crippen LogP contribution < -0.4 is 5.32 Å². The summed E-state index contributed by atoms with van der Waals surface area (Å²) < 4.78 is 18.8. The SMILES string of the molecule is CC(C)C(C)N(Cc1ccc(F)cc1)Cc1nc(C(=O)NCc2ccncc2)co1. The second-order valence-electron chi connectivity index (χ2n) is 7.68. The monoisotopic (exact) mass is 410 g/mol. The average Bonchev–Trinajstić information content (AvgIpc) is 3.22. The fourth-order valence-corrected chi connectivity index (χ4v) is 3.02. The van der Waals surface area contributed by atoms with E-state index in [1.807, 2.05) is 12.1 Å². The van der Waals surface area contributed by atoms with Gasteiger partial charge in [0.05, 0.1) is 6.54 Å². The van der Waals surface area contributed by atoms with Crippen molar-refractivity contribution < 1.29 is 13.6 Å². The molecule has 2 aromatic heterocycles. The third kappa shape index (κ3) is 5.97. The van der Waals surface area contributed by atoms with Gasteiger partial charge >= 0.3 is 0 Å². The molecule has 0 spiro atoms. The number of aromatic nitrogens is 2. The van der Waals surface area contributed by atoms with E-state index in [0.717, 1.165) is 11.1 Å². The Bertz CT molecular complexity index is 941. The molecule has 0 aliphatic carbocycles. The highest BCUT2D eigenvalue weighted by atomic mass is 19.1. The van der Waals surface area contributed by atoms with E-state index in [9.17, 15) is 9.18 Å². The summed E-state index contributed by atoms with van der Waals surface area (Å²) in [5.41, 5.74) is 2.21. The zero-order valence-electron chi connectivity index (χ0n) is 17.5. The van der Waals surface area contributed by atoms with Crippen LogP contribution in [-0.4, -0.2) is 26.8 Å². The largest absolute Gasteiger partial charge is 0.447 e. The van der Waals surface area contributed by atoms with E-state index in [-0.39, 0.29) is 23.5 Å². The zero-order valence-corrected chi connectivity index (χ0v) is 17.5. The van der Waals surface area contributed by atoms with E-state index in [0.29, 0.717) is 31.4 Å². The summed E-state index contributed by atoms with van der Waals surface area (Å²) >= 11 is 0. The zero-order chi connectivity index (χ0) is 21.5. The molecule has 158 valence electrons. The predicted molar refractivity (Wildman–Crippen MR) is 112 cm³/mol. The third-order valence-corrected chi connectivity index (χ3v) is 5.16. The van der Waals surface area contributed by atoms with Crippen LogP contribution in [-0.2, 0) is 19.6 Å². The molecular weight excluding hydrogens is 383 g/mol. The van der Waals surface area contributed by atoms with E-state index in [2.05, 4.69) is 41.0 Å². The Morgan fingerprint density at radius 3 is 2.43 bits per heavy atom. The summed E-state index contributed by atoms with van der Waals surface area (Å²) in [7, 11) is 0. The minimum atomic E-state index is -0.288. The molecule has 1 unspecified atom stereocenters. The number of carbonyl (C=O) groups excluding carboxylic acids is 1. The number of pyridine rings is 1. The van der Waals surface area contributed by atoms with E-state index in [1.54, 1.807) is 24.5 Å². The van der Waals surface area contributed by atoms with Gasteiger partial charge in [-0.05, 0) is 48.2 Å². The molecule has 1 amide bonds. The van der Waals surface area contributed by atoms with Crippen LogP contribution in [0.2, 0.25) is 0 Å². The summed E-state index contributed by atoms with van der Waals surface area (Å²) in [5, 5.41) is 2.83. The maximum atomic E-state index is 13.2. The number of amides is 1. The predicted octanol–water partition coefficient (Wildman–Crippen LogP) is 4.19. The molecule has 0 saturated heterocycles. The van der Waals surface area contributed by atoms with Gasteiger partial charge in [-0.2, -0.15) is 0 Å². The second-order valence-corrected chi connectivity index (χ2v) is 7.68. The van der Waals surface area contributed by atoms with E-state index < -0.39 is 0 Å². The number of hydrogen-bond acceptors (Lipinski definition) is 5. The first-order chi connectivity index (χ1) is 14.4. The van der Waals surface area contributed by atoms with Crippen LogP contribution in [0.15, 0.2) is 59.5 Å². The van der Waals surface area contributed by atoms with E-state index in [1.165, 1.54) is 18.4 Å². The molecule has 3 aromatic rings. The minimum Gasteiger partial charge on any atom is -0.447 e. The lowest BCUT2D eigenvalue weighted by Crippen LogP contribution is -2.36. The van der Waals surface area contributed by atoms with Gasteiger partial charge in [-0.15, -0.1) is 0 Å². The van der Waals surface area contributed by atoms with Crippen LogP contribution in [0.3, 0.4) is 0 Å². The third-order valence-electron chi connectivity index (χ3n) is 5.16. The van der Waals surface area contributed by atoms with Gasteiger partial charge < -0.3 is 9.73 Å². The van der Waals surface area contributed by atoms with Gasteiger partial charge in [0.1, 0.15) is 12.1 Å². The highest BCUT2D eigenvalue weighted by Gasteiger charge is 2.21. The Morgan fingerprint density at radius 2 is 1.77 bits per heavy atom. The maximum absolute atomic E-state index is 13.2. The smallest absolute Gasteiger partial charge is 0.273 e. The first-order valence-electron chi connectivity index (χ1n) is 10.0. The van der Waals surface area contributed by atoms with Crippen molar-refractivity contribution in [3.8, 4) is 0 Å². The Morgan fingerprint density at radius 1 is 1.07 bits per heavy atom. The molecule has 1 aromatic carbocycles. The topological polar surface area (TPSA) is 71.3 Å². The van der Waals surface area contributed by atoms with Crippen LogP contribution in [0.1, 0.15) is 48.3 Å². The summed E-state index contributed by atoms with van der Waals surface area (Å²) in [4.78, 5) is 22.9. The number of benzene rings is 1. The van der Waals surface area contributed by atoms with Crippen molar-refractivity contribution in [2.75, 3.05) is 0 Å². The van der Waals surface area contributed by atoms with Crippen molar-refractivity contribution in [2.45, 2.75) is 46.4 Å². The maximum Gasteiger partial charge on any atom is 0.273 e. The number of carbonyl (C=O) groups is 1. The molecule has 7 heteroatoms. The molecule has 3 rings (SSSR count). The lowest BCUT2D eigenvalue weighted by Gasteiger charge is -2.30. The number of nitrogens with one attached hydrogen (secondary N) is 1. The molecule has 0 fully saturated rings. The minimum absolute atomic E-state index is 0.242. The normalized spacial score (nSPS) is 12.3. The number of oxazole rings is 1. The number of nitrogens with zero attached hydrogens (tertiary/aromatic N) is 3. The molecule has 2 heterocycles. The van der Waals surface area contributed by atoms with Gasteiger partial charge in [0.25, 0.3) is 5.91 Å². The van der Waals surface area contributed by atoms with Crippen molar-refractivity contribution in [1.29, 1.82) is 0 Å². The molecule has 0 bridgehead atoms. The van der Waals surface area contributed by atoms with Gasteiger partial charge in [0, 0.05) is 31.5 Å². The second kappa shape index (κ2) is 10.1. The number of halogens is 1. The fourth-order valence-electron chi connectivity index (χ4n) is 3.02. The van der Waals surface area contributed by atoms with Gasteiger partial charge in [-0.1, -0.05) is 26.0 Å². The molecular formula is C23H27FN4O2. The van der Waals surface area contributed by atoms with Crippen molar-refractivity contribution in [2.24, 2.45) is 5.92 Å². The summed E-state index contributed by atoms with van der Waals surface area (Å²) in [6.45, 7) is 7.91. The molecule has 0 aliphatic heterocycles. The van der Waals surface area contributed by atoms with Crippen LogP contribution in [0, 0.1) is 11.7 Å². The van der Waals surface area contributed by atoms with Crippen molar-refractivity contribution in [3.05, 3.63) is 83.6 Å². The lowest BCUT2D eigenvalue weighted by molar-refractivity contribution is 0.0945. The van der Waals surface area contributed by atoms with Gasteiger partial charge in [0.15, 0.2) is 5.69 Å². The average molecular weight is 410 g/mol. The number of hydrogen-bond donors (Lipinski definition) is 1. The highest BCUT2D eigenvalue weighted by molar-refractivity contribution is 5.91. The Kier molecular flexibility index (Phi) is 7.30. The van der Waals surface area contributed by atoms with Gasteiger partial charge in [-0.3, -0.25) is 14.7 Å². The van der Waals surface area contributed by atoms with Crippen LogP contribution in [0.25, 0.3) is 0 Å². The van der Waals surface area contributed by atoms with E-state index >= 15 is 0 Å². The first-order valence-corrected chi connectivity index (χ1v) is 10.0. The number of rotatable bonds is 9. The van der Waals surface area contributed by atoms with Crippen LogP contribution >= 0.6 is 0 Å². The highest BCUT2D eigenvalue weighted by Crippen LogP contribution is 2.18. The standard InChI is InChI=1S/C23H27FN4O2/c1-16(2)17(3)28(13-19-4-6-20(24)7-5-19)14-22-27-21(15-30-22)23(29)26-12-18-8-10-25-11-9-18/h4-11,15-17H,12-14H2,1-3H3,(H,26,29). The summed E-state index contributed by atoms with van der Waals surface area (Å²) in [6, 6.07) is 10.4. The molecule has 30 heavy (non-hydrogen) atoms. The quantitative estimate of drug-likeness (QED) is 0.573. The van der Waals surface area contributed by atoms with Crippen LogP contribution in [0.4, 0.5) is 4.39 Å². The summed E-state index contributed by atoms with van der Waals surface area (Å²) in [5.74, 6) is 0.336. The fraction of sp³-hybridized carbons (Fsp3) is 0.348. The Labute approximate surface area is 176 Å². The van der Waals surface area contributed by atoms with Gasteiger partial charge in [0.2, 0.25) is 5.89 Å². The Balaban J connectivity index is 1.65. The molecule has 0 aliphatic rings. The first kappa shape index (κ1) is 21.6. The van der Waals surface area contributed by atoms with Crippen molar-refractivity contribution in [3.63, 3.8) is 0 Å².